The van der Waals surface area contributed by atoms with E-state index in [2.05, 4.69) is 10.2 Å². The first kappa shape index (κ1) is 19.0. The van der Waals surface area contributed by atoms with Gasteiger partial charge >= 0.3 is 6.61 Å². The Morgan fingerprint density at radius 3 is 2.86 bits per heavy atom. The predicted octanol–water partition coefficient (Wildman–Crippen LogP) is 3.44. The molecule has 2 N–H and O–H groups in total. The number of piperazine rings is 1. The summed E-state index contributed by atoms with van der Waals surface area (Å²) in [5.41, 5.74) is 3.25. The molecule has 1 fully saturated rings. The number of halogens is 2. The summed E-state index contributed by atoms with van der Waals surface area (Å²) in [5, 5.41) is 13.8. The van der Waals surface area contributed by atoms with Crippen LogP contribution >= 0.6 is 0 Å². The molecule has 0 aliphatic carbocycles. The topological polar surface area (TPSA) is 54.0 Å². The van der Waals surface area contributed by atoms with E-state index in [-0.39, 0.29) is 17.5 Å². The lowest BCUT2D eigenvalue weighted by Gasteiger charge is -2.33. The van der Waals surface area contributed by atoms with E-state index in [1.54, 1.807) is 18.2 Å². The highest BCUT2D eigenvalue weighted by Crippen LogP contribution is 2.46. The van der Waals surface area contributed by atoms with Crippen LogP contribution < -0.4 is 14.8 Å². The largest absolute Gasteiger partial charge is 0.507 e. The fourth-order valence-corrected chi connectivity index (χ4v) is 4.20. The van der Waals surface area contributed by atoms with Gasteiger partial charge < -0.3 is 19.9 Å². The molecular weight excluding hydrogens is 366 g/mol. The molecule has 0 radical (unpaired) electrons. The van der Waals surface area contributed by atoms with Crippen molar-refractivity contribution in [3.8, 4) is 28.4 Å². The fourth-order valence-electron chi connectivity index (χ4n) is 4.20. The minimum absolute atomic E-state index is 0.0254. The Bertz CT molecular complexity index is 868. The highest BCUT2D eigenvalue weighted by atomic mass is 19.3. The van der Waals surface area contributed by atoms with E-state index in [0.717, 1.165) is 30.8 Å². The average molecular weight is 390 g/mol. The molecule has 7 heteroatoms. The van der Waals surface area contributed by atoms with Crippen LogP contribution in [0.4, 0.5) is 8.78 Å². The van der Waals surface area contributed by atoms with Crippen molar-refractivity contribution in [3.05, 3.63) is 41.0 Å². The van der Waals surface area contributed by atoms with Gasteiger partial charge in [-0.3, -0.25) is 4.90 Å². The number of hydrogen-bond acceptors (Lipinski definition) is 5. The third-order valence-electron chi connectivity index (χ3n) is 5.54. The minimum atomic E-state index is -2.96. The number of aryl methyl sites for hydroxylation is 1. The third-order valence-corrected chi connectivity index (χ3v) is 5.54. The molecule has 0 bridgehead atoms. The summed E-state index contributed by atoms with van der Waals surface area (Å²) in [6, 6.07) is 6.98. The molecule has 150 valence electrons. The van der Waals surface area contributed by atoms with Crippen LogP contribution in [0.3, 0.4) is 0 Å². The molecule has 0 aromatic heterocycles. The van der Waals surface area contributed by atoms with Crippen LogP contribution in [-0.2, 0) is 6.54 Å². The second-order valence-corrected chi connectivity index (χ2v) is 7.35. The van der Waals surface area contributed by atoms with Crippen molar-refractivity contribution in [2.45, 2.75) is 33.0 Å². The molecule has 0 spiro atoms. The van der Waals surface area contributed by atoms with Crippen LogP contribution in [0.1, 0.15) is 16.7 Å². The molecule has 2 heterocycles. The molecule has 2 aliphatic rings. The van der Waals surface area contributed by atoms with Crippen molar-refractivity contribution in [3.63, 3.8) is 0 Å². The number of nitrogens with zero attached hydrogens (tertiary/aromatic N) is 1. The number of phenolic OH excluding ortho intramolecular Hbond substituents is 1. The van der Waals surface area contributed by atoms with Gasteiger partial charge in [-0.15, -0.1) is 0 Å². The van der Waals surface area contributed by atoms with E-state index < -0.39 is 6.61 Å². The number of alkyl halides is 2. The second-order valence-electron chi connectivity index (χ2n) is 7.35. The number of ether oxygens (including phenoxy) is 2. The molecule has 1 saturated heterocycles. The normalized spacial score (nSPS) is 19.5. The van der Waals surface area contributed by atoms with Crippen LogP contribution in [-0.4, -0.2) is 48.9 Å². The predicted molar refractivity (Wildman–Crippen MR) is 102 cm³/mol. The SMILES string of the molecule is Cc1cccc(O)c1-c1c(OC(F)F)cc2c(c1C)OC[C@H]1CNCCN1C2. The number of aromatic hydroxyl groups is 1. The second kappa shape index (κ2) is 7.56. The van der Waals surface area contributed by atoms with Gasteiger partial charge in [-0.2, -0.15) is 8.78 Å². The summed E-state index contributed by atoms with van der Waals surface area (Å²) in [4.78, 5) is 2.30. The van der Waals surface area contributed by atoms with Gasteiger partial charge in [0.15, 0.2) is 0 Å². The maximum absolute atomic E-state index is 13.2. The summed E-state index contributed by atoms with van der Waals surface area (Å²) in [6.45, 7) is 4.44. The quantitative estimate of drug-likeness (QED) is 0.841. The number of nitrogens with one attached hydrogen (secondary N) is 1. The first-order valence-electron chi connectivity index (χ1n) is 9.43. The third kappa shape index (κ3) is 3.40. The number of benzene rings is 2. The first-order chi connectivity index (χ1) is 13.5. The first-order valence-corrected chi connectivity index (χ1v) is 9.43. The maximum Gasteiger partial charge on any atom is 0.387 e. The summed E-state index contributed by atoms with van der Waals surface area (Å²) in [5.74, 6) is 0.777. The van der Waals surface area contributed by atoms with Crippen LogP contribution in [0.5, 0.6) is 17.2 Å². The molecule has 2 aromatic rings. The van der Waals surface area contributed by atoms with Gasteiger partial charge in [0.2, 0.25) is 0 Å². The zero-order valence-electron chi connectivity index (χ0n) is 16.0. The molecule has 4 rings (SSSR count). The van der Waals surface area contributed by atoms with Crippen LogP contribution in [0.15, 0.2) is 24.3 Å². The summed E-state index contributed by atoms with van der Waals surface area (Å²) >= 11 is 0. The van der Waals surface area contributed by atoms with Gasteiger partial charge in [-0.25, -0.2) is 0 Å². The zero-order valence-corrected chi connectivity index (χ0v) is 16.0. The molecule has 0 amide bonds. The molecule has 0 saturated carbocycles. The van der Waals surface area contributed by atoms with Crippen molar-refractivity contribution in [2.75, 3.05) is 26.2 Å². The van der Waals surface area contributed by atoms with Gasteiger partial charge in [-0.1, -0.05) is 12.1 Å². The van der Waals surface area contributed by atoms with Crippen molar-refractivity contribution in [2.24, 2.45) is 0 Å². The summed E-state index contributed by atoms with van der Waals surface area (Å²) in [6.07, 6.45) is 0. The highest BCUT2D eigenvalue weighted by Gasteiger charge is 2.31. The van der Waals surface area contributed by atoms with Gasteiger partial charge in [0, 0.05) is 48.4 Å². The van der Waals surface area contributed by atoms with E-state index in [1.807, 2.05) is 19.9 Å². The standard InChI is InChI=1S/C21H24F2N2O3/c1-12-4-3-5-16(26)18(12)19-13(2)20-14(8-17(19)28-21(22)23)10-25-7-6-24-9-15(25)11-27-20/h3-5,8,15,21,24,26H,6-7,9-11H2,1-2H3/t15-/m1/s1. The molecule has 2 aromatic carbocycles. The van der Waals surface area contributed by atoms with Crippen molar-refractivity contribution in [1.29, 1.82) is 0 Å². The lowest BCUT2D eigenvalue weighted by Crippen LogP contribution is -2.52. The Morgan fingerprint density at radius 2 is 2.11 bits per heavy atom. The Morgan fingerprint density at radius 1 is 1.29 bits per heavy atom. The van der Waals surface area contributed by atoms with Gasteiger partial charge in [0.25, 0.3) is 0 Å². The van der Waals surface area contributed by atoms with Gasteiger partial charge in [0.05, 0.1) is 6.04 Å². The Balaban J connectivity index is 1.88. The van der Waals surface area contributed by atoms with Crippen molar-refractivity contribution >= 4 is 0 Å². The van der Waals surface area contributed by atoms with E-state index >= 15 is 0 Å². The monoisotopic (exact) mass is 390 g/mol. The Hall–Kier alpha value is -2.38. The highest BCUT2D eigenvalue weighted by molar-refractivity contribution is 5.83. The van der Waals surface area contributed by atoms with E-state index in [1.165, 1.54) is 0 Å². The Labute approximate surface area is 162 Å². The zero-order chi connectivity index (χ0) is 19.8. The van der Waals surface area contributed by atoms with Crippen LogP contribution in [0.2, 0.25) is 0 Å². The van der Waals surface area contributed by atoms with E-state index in [4.69, 9.17) is 9.47 Å². The van der Waals surface area contributed by atoms with Crippen molar-refractivity contribution < 1.29 is 23.4 Å². The molecule has 2 aliphatic heterocycles. The van der Waals surface area contributed by atoms with E-state index in [9.17, 15) is 13.9 Å². The number of rotatable bonds is 3. The lowest BCUT2D eigenvalue weighted by molar-refractivity contribution is -0.0495. The smallest absolute Gasteiger partial charge is 0.387 e. The average Bonchev–Trinajstić information content (AvgIpc) is 2.82. The minimum Gasteiger partial charge on any atom is -0.507 e. The van der Waals surface area contributed by atoms with E-state index in [0.29, 0.717) is 35.6 Å². The van der Waals surface area contributed by atoms with Crippen LogP contribution in [0.25, 0.3) is 11.1 Å². The molecule has 28 heavy (non-hydrogen) atoms. The lowest BCUT2D eigenvalue weighted by atomic mass is 9.92. The number of phenols is 1. The molecular formula is C21H24F2N2O3. The summed E-state index contributed by atoms with van der Waals surface area (Å²) in [7, 11) is 0. The van der Waals surface area contributed by atoms with Gasteiger partial charge in [0.1, 0.15) is 23.9 Å². The number of fused-ring (bicyclic) bond motifs is 2. The number of hydrogen-bond donors (Lipinski definition) is 2. The fraction of sp³-hybridized carbons (Fsp3) is 0.429. The molecule has 5 nitrogen and oxygen atoms in total. The van der Waals surface area contributed by atoms with Gasteiger partial charge in [-0.05, 0) is 31.5 Å². The van der Waals surface area contributed by atoms with Crippen LogP contribution in [0, 0.1) is 13.8 Å². The molecule has 0 unspecified atom stereocenters. The Kier molecular flexibility index (Phi) is 5.12. The summed E-state index contributed by atoms with van der Waals surface area (Å²) < 4.78 is 37.4. The van der Waals surface area contributed by atoms with Crippen molar-refractivity contribution in [1.82, 2.24) is 10.2 Å². The molecule has 1 atom stereocenters. The maximum atomic E-state index is 13.2.